The fourth-order valence-electron chi connectivity index (χ4n) is 1.76. The fourth-order valence-corrected chi connectivity index (χ4v) is 2.95. The number of hydrogen-bond donors (Lipinski definition) is 1. The predicted molar refractivity (Wildman–Crippen MR) is 92.7 cm³/mol. The van der Waals surface area contributed by atoms with Gasteiger partial charge in [-0.15, -0.1) is 0 Å². The Kier molecular flexibility index (Phi) is 5.72. The molecule has 2 aromatic carbocycles. The van der Waals surface area contributed by atoms with E-state index in [4.69, 9.17) is 0 Å². The summed E-state index contributed by atoms with van der Waals surface area (Å²) in [5.74, 6) is 5.59. The maximum absolute atomic E-state index is 12.0. The lowest BCUT2D eigenvalue weighted by molar-refractivity contribution is 0.101. The zero-order chi connectivity index (χ0) is 16.9. The molecule has 0 fully saturated rings. The number of carbonyl (C=O) groups is 1. The van der Waals surface area contributed by atoms with Crippen molar-refractivity contribution in [2.24, 2.45) is 0 Å². The van der Waals surface area contributed by atoms with Gasteiger partial charge in [-0.3, -0.25) is 4.79 Å². The van der Waals surface area contributed by atoms with E-state index < -0.39 is 10.0 Å². The number of benzene rings is 2. The van der Waals surface area contributed by atoms with Crippen LogP contribution in [0.15, 0.2) is 57.9 Å². The Morgan fingerprint density at radius 1 is 1.09 bits per heavy atom. The average Bonchev–Trinajstić information content (AvgIpc) is 2.52. The molecule has 0 saturated heterocycles. The molecule has 23 heavy (non-hydrogen) atoms. The molecule has 0 amide bonds. The van der Waals surface area contributed by atoms with Gasteiger partial charge in [0.05, 0.1) is 11.4 Å². The van der Waals surface area contributed by atoms with Crippen molar-refractivity contribution in [3.8, 4) is 11.8 Å². The first-order valence-corrected chi connectivity index (χ1v) is 9.01. The summed E-state index contributed by atoms with van der Waals surface area (Å²) in [5.41, 5.74) is 1.34. The second-order valence-electron chi connectivity index (χ2n) is 4.71. The van der Waals surface area contributed by atoms with Crippen LogP contribution in [-0.4, -0.2) is 20.7 Å². The third-order valence-electron chi connectivity index (χ3n) is 3.00. The van der Waals surface area contributed by atoms with Crippen LogP contribution in [0.2, 0.25) is 0 Å². The number of nitrogens with one attached hydrogen (secondary N) is 1. The van der Waals surface area contributed by atoms with Crippen molar-refractivity contribution in [2.75, 3.05) is 6.54 Å². The number of Topliss-reactive ketones (excluding diaryl/α,β-unsaturated/α-hetero) is 1. The van der Waals surface area contributed by atoms with Crippen molar-refractivity contribution in [1.82, 2.24) is 4.72 Å². The third-order valence-corrected chi connectivity index (χ3v) is 4.94. The van der Waals surface area contributed by atoms with Gasteiger partial charge in [0.1, 0.15) is 0 Å². The Morgan fingerprint density at radius 2 is 1.70 bits per heavy atom. The van der Waals surface area contributed by atoms with Gasteiger partial charge in [0.25, 0.3) is 0 Å². The summed E-state index contributed by atoms with van der Waals surface area (Å²) in [4.78, 5) is 11.4. The fraction of sp³-hybridized carbons (Fsp3) is 0.118. The molecule has 0 aliphatic rings. The van der Waals surface area contributed by atoms with Gasteiger partial charge < -0.3 is 0 Å². The van der Waals surface area contributed by atoms with Crippen LogP contribution in [0.4, 0.5) is 0 Å². The molecule has 2 aromatic rings. The van der Waals surface area contributed by atoms with Gasteiger partial charge in [-0.1, -0.05) is 39.9 Å². The van der Waals surface area contributed by atoms with Crippen molar-refractivity contribution in [2.45, 2.75) is 11.8 Å². The minimum Gasteiger partial charge on any atom is -0.295 e. The van der Waals surface area contributed by atoms with Crippen LogP contribution in [0.3, 0.4) is 0 Å². The number of halogens is 1. The summed E-state index contributed by atoms with van der Waals surface area (Å²) in [6.45, 7) is 1.50. The van der Waals surface area contributed by atoms with E-state index in [0.29, 0.717) is 5.56 Å². The van der Waals surface area contributed by atoms with Gasteiger partial charge >= 0.3 is 0 Å². The van der Waals surface area contributed by atoms with Crippen molar-refractivity contribution in [1.29, 1.82) is 0 Å². The number of hydrogen-bond acceptors (Lipinski definition) is 3. The first-order valence-electron chi connectivity index (χ1n) is 6.73. The minimum atomic E-state index is -3.57. The van der Waals surface area contributed by atoms with E-state index in [1.54, 1.807) is 36.4 Å². The number of sulfonamides is 1. The molecule has 0 spiro atoms. The SMILES string of the molecule is CC(=O)c1ccc(C#CCNS(=O)(=O)c2ccc(Br)cc2)cc1. The van der Waals surface area contributed by atoms with Crippen LogP contribution < -0.4 is 4.72 Å². The molecule has 4 nitrogen and oxygen atoms in total. The van der Waals surface area contributed by atoms with E-state index in [-0.39, 0.29) is 17.2 Å². The number of ketones is 1. The highest BCUT2D eigenvalue weighted by Crippen LogP contribution is 2.14. The van der Waals surface area contributed by atoms with Gasteiger partial charge in [0, 0.05) is 15.6 Å². The second kappa shape index (κ2) is 7.55. The Hall–Kier alpha value is -1.94. The topological polar surface area (TPSA) is 63.2 Å². The normalized spacial score (nSPS) is 10.7. The monoisotopic (exact) mass is 391 g/mol. The Labute approximate surface area is 144 Å². The summed E-state index contributed by atoms with van der Waals surface area (Å²) in [6.07, 6.45) is 0. The molecule has 0 aliphatic carbocycles. The van der Waals surface area contributed by atoms with Gasteiger partial charge in [-0.25, -0.2) is 8.42 Å². The Morgan fingerprint density at radius 3 is 2.26 bits per heavy atom. The molecule has 0 aromatic heterocycles. The molecular formula is C17H14BrNO3S. The number of carbonyl (C=O) groups excluding carboxylic acids is 1. The lowest BCUT2D eigenvalue weighted by atomic mass is 10.1. The molecule has 0 unspecified atom stereocenters. The summed E-state index contributed by atoms with van der Waals surface area (Å²) < 4.78 is 27.3. The maximum atomic E-state index is 12.0. The molecule has 6 heteroatoms. The highest BCUT2D eigenvalue weighted by molar-refractivity contribution is 9.10. The van der Waals surface area contributed by atoms with Crippen molar-refractivity contribution in [3.05, 3.63) is 64.1 Å². The highest BCUT2D eigenvalue weighted by Gasteiger charge is 2.11. The first kappa shape index (κ1) is 17.4. The predicted octanol–water partition coefficient (Wildman–Crippen LogP) is 2.98. The molecule has 118 valence electrons. The molecule has 0 bridgehead atoms. The van der Waals surface area contributed by atoms with E-state index in [0.717, 1.165) is 10.0 Å². The molecule has 1 N–H and O–H groups in total. The van der Waals surface area contributed by atoms with E-state index in [2.05, 4.69) is 32.5 Å². The maximum Gasteiger partial charge on any atom is 0.241 e. The standard InChI is InChI=1S/C17H14BrNO3S/c1-13(20)15-6-4-14(5-7-15)3-2-12-19-23(21,22)17-10-8-16(18)9-11-17/h4-11,19H,12H2,1H3. The van der Waals surface area contributed by atoms with E-state index >= 15 is 0 Å². The third kappa shape index (κ3) is 5.03. The summed E-state index contributed by atoms with van der Waals surface area (Å²) in [7, 11) is -3.57. The van der Waals surface area contributed by atoms with Crippen LogP contribution in [0.5, 0.6) is 0 Å². The van der Waals surface area contributed by atoms with Gasteiger partial charge in [0.2, 0.25) is 10.0 Å². The largest absolute Gasteiger partial charge is 0.295 e. The van der Waals surface area contributed by atoms with E-state index in [9.17, 15) is 13.2 Å². The number of rotatable bonds is 4. The first-order chi connectivity index (χ1) is 10.9. The van der Waals surface area contributed by atoms with E-state index in [1.807, 2.05) is 0 Å². The van der Waals surface area contributed by atoms with Gasteiger partial charge in [-0.05, 0) is 43.3 Å². The van der Waals surface area contributed by atoms with E-state index in [1.165, 1.54) is 19.1 Å². The molecule has 0 aliphatic heterocycles. The second-order valence-corrected chi connectivity index (χ2v) is 7.40. The zero-order valence-corrected chi connectivity index (χ0v) is 14.7. The minimum absolute atomic E-state index is 0.00680. The summed E-state index contributed by atoms with van der Waals surface area (Å²) in [6, 6.07) is 13.2. The van der Waals surface area contributed by atoms with Crippen molar-refractivity contribution >= 4 is 31.7 Å². The molecular weight excluding hydrogens is 378 g/mol. The zero-order valence-electron chi connectivity index (χ0n) is 12.3. The highest BCUT2D eigenvalue weighted by atomic mass is 79.9. The lowest BCUT2D eigenvalue weighted by Gasteiger charge is -2.03. The molecule has 0 heterocycles. The van der Waals surface area contributed by atoms with Crippen LogP contribution in [0.1, 0.15) is 22.8 Å². The van der Waals surface area contributed by atoms with Crippen LogP contribution in [0, 0.1) is 11.8 Å². The van der Waals surface area contributed by atoms with Crippen molar-refractivity contribution < 1.29 is 13.2 Å². The van der Waals surface area contributed by atoms with Gasteiger partial charge in [0.15, 0.2) is 5.78 Å². The van der Waals surface area contributed by atoms with Crippen LogP contribution in [0.25, 0.3) is 0 Å². The molecule has 2 rings (SSSR count). The smallest absolute Gasteiger partial charge is 0.241 e. The summed E-state index contributed by atoms with van der Waals surface area (Å²) in [5, 5.41) is 0. The average molecular weight is 392 g/mol. The summed E-state index contributed by atoms with van der Waals surface area (Å²) >= 11 is 3.26. The van der Waals surface area contributed by atoms with Gasteiger partial charge in [-0.2, -0.15) is 4.72 Å². The quantitative estimate of drug-likeness (QED) is 0.643. The molecule has 0 radical (unpaired) electrons. The van der Waals surface area contributed by atoms with Crippen LogP contribution >= 0.6 is 15.9 Å². The molecule has 0 saturated carbocycles. The molecule has 0 atom stereocenters. The van der Waals surface area contributed by atoms with Crippen molar-refractivity contribution in [3.63, 3.8) is 0 Å². The Balaban J connectivity index is 1.99. The Bertz CT molecular complexity index is 861. The van der Waals surface area contributed by atoms with Crippen LogP contribution in [-0.2, 0) is 10.0 Å². The lowest BCUT2D eigenvalue weighted by Crippen LogP contribution is -2.23.